The molecule has 0 aromatic carbocycles. The first-order chi connectivity index (χ1) is 7.74. The molecule has 0 saturated heterocycles. The zero-order chi connectivity index (χ0) is 12.0. The van der Waals surface area contributed by atoms with Crippen LogP contribution >= 0.6 is 0 Å². The fourth-order valence-corrected chi connectivity index (χ4v) is 2.08. The molecule has 0 aliphatic heterocycles. The summed E-state index contributed by atoms with van der Waals surface area (Å²) in [6, 6.07) is 0.440. The lowest BCUT2D eigenvalue weighted by molar-refractivity contribution is 0.395. The summed E-state index contributed by atoms with van der Waals surface area (Å²) < 4.78 is 2.09. The van der Waals surface area contributed by atoms with E-state index >= 15 is 0 Å². The Balaban J connectivity index is 2.63. The summed E-state index contributed by atoms with van der Waals surface area (Å²) in [6.07, 6.45) is 7.74. The van der Waals surface area contributed by atoms with E-state index in [-0.39, 0.29) is 0 Å². The maximum atomic E-state index is 4.45. The predicted octanol–water partition coefficient (Wildman–Crippen LogP) is 2.99. The highest BCUT2D eigenvalue weighted by Gasteiger charge is 2.10. The van der Waals surface area contributed by atoms with Crippen LogP contribution in [0.25, 0.3) is 0 Å². The summed E-state index contributed by atoms with van der Waals surface area (Å²) in [5.41, 5.74) is 1.30. The van der Waals surface area contributed by atoms with Gasteiger partial charge in [0.1, 0.15) is 0 Å². The average Bonchev–Trinajstić information content (AvgIpc) is 2.76. The molecular weight excluding hydrogens is 198 g/mol. The van der Waals surface area contributed by atoms with Crippen LogP contribution < -0.4 is 5.32 Å². The molecule has 1 unspecified atom stereocenters. The van der Waals surface area contributed by atoms with Crippen molar-refractivity contribution in [2.75, 3.05) is 7.05 Å². The van der Waals surface area contributed by atoms with Gasteiger partial charge in [-0.2, -0.15) is 5.10 Å². The largest absolute Gasteiger partial charge is 0.313 e. The Hall–Kier alpha value is -0.830. The lowest BCUT2D eigenvalue weighted by Gasteiger charge is -2.12. The molecule has 0 amide bonds. The molecule has 1 aromatic heterocycles. The van der Waals surface area contributed by atoms with Crippen molar-refractivity contribution in [1.82, 2.24) is 15.1 Å². The summed E-state index contributed by atoms with van der Waals surface area (Å²) in [7, 11) is 2.01. The number of rotatable bonds is 7. The quantitative estimate of drug-likeness (QED) is 0.770. The van der Waals surface area contributed by atoms with E-state index in [0.29, 0.717) is 6.04 Å². The topological polar surface area (TPSA) is 29.9 Å². The van der Waals surface area contributed by atoms with Crippen LogP contribution in [0, 0.1) is 5.92 Å². The number of hydrogen-bond acceptors (Lipinski definition) is 2. The van der Waals surface area contributed by atoms with Gasteiger partial charge in [0.2, 0.25) is 0 Å². The van der Waals surface area contributed by atoms with Crippen LogP contribution in [-0.2, 0) is 6.54 Å². The van der Waals surface area contributed by atoms with Gasteiger partial charge in [-0.15, -0.1) is 0 Å². The van der Waals surface area contributed by atoms with Crippen LogP contribution in [-0.4, -0.2) is 16.8 Å². The first-order valence-corrected chi connectivity index (χ1v) is 6.44. The Morgan fingerprint density at radius 1 is 1.25 bits per heavy atom. The van der Waals surface area contributed by atoms with Crippen molar-refractivity contribution in [3.8, 4) is 0 Å². The molecular formula is C13H25N3. The van der Waals surface area contributed by atoms with Gasteiger partial charge in [-0.05, 0) is 19.4 Å². The lowest BCUT2D eigenvalue weighted by Crippen LogP contribution is -2.14. The molecule has 0 fully saturated rings. The van der Waals surface area contributed by atoms with E-state index in [1.54, 1.807) is 0 Å². The van der Waals surface area contributed by atoms with Crippen LogP contribution in [0.2, 0.25) is 0 Å². The zero-order valence-corrected chi connectivity index (χ0v) is 11.0. The van der Waals surface area contributed by atoms with Gasteiger partial charge in [0.25, 0.3) is 0 Å². The minimum absolute atomic E-state index is 0.440. The average molecular weight is 223 g/mol. The van der Waals surface area contributed by atoms with Crippen molar-refractivity contribution in [2.24, 2.45) is 5.92 Å². The van der Waals surface area contributed by atoms with E-state index in [9.17, 15) is 0 Å². The van der Waals surface area contributed by atoms with E-state index in [1.807, 2.05) is 13.2 Å². The zero-order valence-electron chi connectivity index (χ0n) is 11.0. The molecule has 0 aliphatic rings. The third-order valence-electron chi connectivity index (χ3n) is 3.41. The van der Waals surface area contributed by atoms with Crippen LogP contribution in [0.1, 0.15) is 51.6 Å². The highest BCUT2D eigenvalue weighted by Crippen LogP contribution is 2.16. The number of aromatic nitrogens is 2. The summed E-state index contributed by atoms with van der Waals surface area (Å²) in [5.74, 6) is 0.752. The van der Waals surface area contributed by atoms with Crippen LogP contribution in [0.3, 0.4) is 0 Å². The van der Waals surface area contributed by atoms with Gasteiger partial charge in [-0.1, -0.05) is 33.6 Å². The molecule has 3 nitrogen and oxygen atoms in total. The first kappa shape index (κ1) is 13.2. The predicted molar refractivity (Wildman–Crippen MR) is 68.4 cm³/mol. The van der Waals surface area contributed by atoms with Crippen molar-refractivity contribution in [3.05, 3.63) is 18.0 Å². The third-order valence-corrected chi connectivity index (χ3v) is 3.41. The normalized spacial score (nSPS) is 13.3. The number of nitrogens with zero attached hydrogens (tertiary/aromatic N) is 2. The Bertz CT molecular complexity index is 285. The fraction of sp³-hybridized carbons (Fsp3) is 0.769. The summed E-state index contributed by atoms with van der Waals surface area (Å²) in [5, 5.41) is 7.75. The van der Waals surface area contributed by atoms with Crippen molar-refractivity contribution in [1.29, 1.82) is 0 Å². The Morgan fingerprint density at radius 2 is 1.94 bits per heavy atom. The van der Waals surface area contributed by atoms with Gasteiger partial charge >= 0.3 is 0 Å². The van der Waals surface area contributed by atoms with Gasteiger partial charge in [0, 0.05) is 24.3 Å². The monoisotopic (exact) mass is 223 g/mol. The van der Waals surface area contributed by atoms with Crippen LogP contribution in [0.4, 0.5) is 0 Å². The molecule has 0 spiro atoms. The second kappa shape index (κ2) is 6.69. The second-order valence-electron chi connectivity index (χ2n) is 4.43. The van der Waals surface area contributed by atoms with Crippen molar-refractivity contribution in [3.63, 3.8) is 0 Å². The maximum absolute atomic E-state index is 4.45. The van der Waals surface area contributed by atoms with E-state index in [1.165, 1.54) is 18.4 Å². The number of nitrogens with one attached hydrogen (secondary N) is 1. The third kappa shape index (κ3) is 3.34. The van der Waals surface area contributed by atoms with Gasteiger partial charge in [-0.3, -0.25) is 4.68 Å². The minimum Gasteiger partial charge on any atom is -0.313 e. The number of hydrogen-bond donors (Lipinski definition) is 1. The van der Waals surface area contributed by atoms with Crippen LogP contribution in [0.5, 0.6) is 0 Å². The molecule has 1 aromatic rings. The molecule has 0 saturated carbocycles. The van der Waals surface area contributed by atoms with E-state index in [4.69, 9.17) is 0 Å². The van der Waals surface area contributed by atoms with Crippen molar-refractivity contribution in [2.45, 2.75) is 52.6 Å². The van der Waals surface area contributed by atoms with Gasteiger partial charge in [-0.25, -0.2) is 0 Å². The maximum Gasteiger partial charge on any atom is 0.0537 e. The van der Waals surface area contributed by atoms with Gasteiger partial charge in [0.15, 0.2) is 0 Å². The highest BCUT2D eigenvalue weighted by molar-refractivity contribution is 5.09. The molecule has 1 heterocycles. The molecule has 0 aliphatic carbocycles. The van der Waals surface area contributed by atoms with E-state index < -0.39 is 0 Å². The Kier molecular flexibility index (Phi) is 5.53. The fourth-order valence-electron chi connectivity index (χ4n) is 2.08. The molecule has 1 atom stereocenters. The van der Waals surface area contributed by atoms with Crippen LogP contribution in [0.15, 0.2) is 12.4 Å². The lowest BCUT2D eigenvalue weighted by atomic mass is 10.0. The van der Waals surface area contributed by atoms with Crippen molar-refractivity contribution >= 4 is 0 Å². The van der Waals surface area contributed by atoms with E-state index in [2.05, 4.69) is 42.1 Å². The Morgan fingerprint density at radius 3 is 2.44 bits per heavy atom. The molecule has 1 rings (SSSR count). The molecule has 3 heteroatoms. The molecule has 0 bridgehead atoms. The molecule has 1 N–H and O–H groups in total. The molecule has 0 radical (unpaired) electrons. The highest BCUT2D eigenvalue weighted by atomic mass is 15.3. The van der Waals surface area contributed by atoms with Gasteiger partial charge < -0.3 is 5.32 Å². The van der Waals surface area contributed by atoms with Gasteiger partial charge in [0.05, 0.1) is 6.20 Å². The summed E-state index contributed by atoms with van der Waals surface area (Å²) in [6.45, 7) is 7.74. The molecule has 16 heavy (non-hydrogen) atoms. The van der Waals surface area contributed by atoms with E-state index in [0.717, 1.165) is 18.9 Å². The Labute approximate surface area is 99.2 Å². The summed E-state index contributed by atoms with van der Waals surface area (Å²) in [4.78, 5) is 0. The smallest absolute Gasteiger partial charge is 0.0537 e. The molecule has 92 valence electrons. The second-order valence-corrected chi connectivity index (χ2v) is 4.43. The summed E-state index contributed by atoms with van der Waals surface area (Å²) >= 11 is 0. The first-order valence-electron chi connectivity index (χ1n) is 6.44. The SMILES string of the molecule is CCC(CC)Cn1cc(C(CC)NC)cn1. The minimum atomic E-state index is 0.440. The standard InChI is InChI=1S/C13H25N3/c1-5-11(6-2)9-16-10-12(8-15-16)13(7-3)14-4/h8,10-11,13-14H,5-7,9H2,1-4H3. The van der Waals surface area contributed by atoms with Crippen molar-refractivity contribution < 1.29 is 0 Å².